The number of imidazole rings is 1. The van der Waals surface area contributed by atoms with Crippen molar-refractivity contribution < 1.29 is 0 Å². The Morgan fingerprint density at radius 1 is 1.53 bits per heavy atom. The van der Waals surface area contributed by atoms with Gasteiger partial charge in [-0.1, -0.05) is 0 Å². The summed E-state index contributed by atoms with van der Waals surface area (Å²) in [7, 11) is 1.79. The van der Waals surface area contributed by atoms with Crippen LogP contribution in [-0.2, 0) is 0 Å². The van der Waals surface area contributed by atoms with Crippen molar-refractivity contribution in [3.05, 3.63) is 6.33 Å². The molecule has 7 nitrogen and oxygen atoms in total. The first-order chi connectivity index (χ1) is 9.33. The first-order valence-electron chi connectivity index (χ1n) is 6.36. The molecule has 1 saturated carbocycles. The minimum absolute atomic E-state index is 0.486. The van der Waals surface area contributed by atoms with Crippen molar-refractivity contribution in [3.8, 4) is 6.07 Å². The van der Waals surface area contributed by atoms with E-state index in [-0.39, 0.29) is 0 Å². The maximum Gasteiger partial charge on any atom is 0.226 e. The fraction of sp³-hybridized carbons (Fsp3) is 0.500. The topological polar surface area (TPSA) is 93.5 Å². The van der Waals surface area contributed by atoms with Gasteiger partial charge in [-0.15, -0.1) is 0 Å². The third kappa shape index (κ3) is 2.17. The number of nitriles is 1. The Kier molecular flexibility index (Phi) is 2.91. The molecule has 1 fully saturated rings. The summed E-state index contributed by atoms with van der Waals surface area (Å²) in [6.45, 7) is 0.690. The third-order valence-corrected chi connectivity index (χ3v) is 3.21. The summed E-state index contributed by atoms with van der Waals surface area (Å²) in [5.41, 5.74) is 1.49. The van der Waals surface area contributed by atoms with E-state index in [1.54, 1.807) is 13.4 Å². The first-order valence-corrected chi connectivity index (χ1v) is 6.36. The Bertz CT molecular complexity index is 623. The van der Waals surface area contributed by atoms with Crippen molar-refractivity contribution in [2.45, 2.75) is 25.3 Å². The lowest BCUT2D eigenvalue weighted by molar-refractivity contribution is 0.780. The van der Waals surface area contributed by atoms with Crippen LogP contribution in [0.5, 0.6) is 0 Å². The Morgan fingerprint density at radius 3 is 3.05 bits per heavy atom. The lowest BCUT2D eigenvalue weighted by atomic mass is 10.3. The van der Waals surface area contributed by atoms with E-state index in [2.05, 4.69) is 36.2 Å². The van der Waals surface area contributed by atoms with Crippen molar-refractivity contribution in [2.24, 2.45) is 0 Å². The maximum atomic E-state index is 8.80. The number of nitrogens with zero attached hydrogens (tertiary/aromatic N) is 5. The molecule has 1 aliphatic rings. The fourth-order valence-corrected chi connectivity index (χ4v) is 2.16. The Balaban J connectivity index is 2.05. The van der Waals surface area contributed by atoms with Crippen molar-refractivity contribution in [3.63, 3.8) is 0 Å². The molecule has 19 heavy (non-hydrogen) atoms. The van der Waals surface area contributed by atoms with Crippen LogP contribution in [0.15, 0.2) is 6.33 Å². The number of anilines is 2. The van der Waals surface area contributed by atoms with E-state index < -0.39 is 0 Å². The fourth-order valence-electron chi connectivity index (χ4n) is 2.16. The van der Waals surface area contributed by atoms with Gasteiger partial charge in [-0.25, -0.2) is 4.98 Å². The molecular formula is C12H15N7. The van der Waals surface area contributed by atoms with Gasteiger partial charge in [0.05, 0.1) is 18.8 Å². The van der Waals surface area contributed by atoms with Gasteiger partial charge in [-0.3, -0.25) is 0 Å². The normalized spacial score (nSPS) is 14.3. The molecule has 2 aromatic rings. The second kappa shape index (κ2) is 4.72. The molecule has 0 saturated heterocycles. The summed E-state index contributed by atoms with van der Waals surface area (Å²) < 4.78 is 0. The van der Waals surface area contributed by atoms with Crippen LogP contribution in [0.2, 0.25) is 0 Å². The van der Waals surface area contributed by atoms with Gasteiger partial charge < -0.3 is 15.2 Å². The lowest BCUT2D eigenvalue weighted by Crippen LogP contribution is -2.28. The number of nitrogens with one attached hydrogen (secondary N) is 2. The molecule has 0 atom stereocenters. The van der Waals surface area contributed by atoms with Gasteiger partial charge in [-0.05, 0) is 12.8 Å². The largest absolute Gasteiger partial charge is 0.357 e. The summed E-state index contributed by atoms with van der Waals surface area (Å²) in [5, 5.41) is 11.7. The molecule has 0 aromatic carbocycles. The standard InChI is InChI=1S/C12H15N7/c1-14-12-17-10-9(15-7-16-10)11(18-12)19(6-2-5-13)8-3-4-8/h7-8H,2-4,6H2,1H3,(H2,14,15,16,17,18). The SMILES string of the molecule is CNc1nc(N(CCC#N)C2CC2)c2[nH]cnc2n1. The highest BCUT2D eigenvalue weighted by Crippen LogP contribution is 2.33. The molecule has 7 heteroatoms. The van der Waals surface area contributed by atoms with Crippen molar-refractivity contribution in [1.82, 2.24) is 19.9 Å². The second-order valence-electron chi connectivity index (χ2n) is 4.55. The summed E-state index contributed by atoms with van der Waals surface area (Å²) >= 11 is 0. The molecule has 0 aliphatic heterocycles. The number of hydrogen-bond acceptors (Lipinski definition) is 6. The molecule has 0 spiro atoms. The molecule has 0 unspecified atom stereocenters. The van der Waals surface area contributed by atoms with E-state index >= 15 is 0 Å². The van der Waals surface area contributed by atoms with Crippen LogP contribution < -0.4 is 10.2 Å². The zero-order valence-corrected chi connectivity index (χ0v) is 10.7. The quantitative estimate of drug-likeness (QED) is 0.838. The van der Waals surface area contributed by atoms with E-state index in [4.69, 9.17) is 5.26 Å². The van der Waals surface area contributed by atoms with E-state index in [0.29, 0.717) is 30.6 Å². The van der Waals surface area contributed by atoms with E-state index in [1.165, 1.54) is 0 Å². The zero-order valence-electron chi connectivity index (χ0n) is 10.7. The Labute approximate surface area is 110 Å². The number of H-pyrrole nitrogens is 1. The smallest absolute Gasteiger partial charge is 0.226 e. The molecule has 3 rings (SSSR count). The monoisotopic (exact) mass is 257 g/mol. The predicted octanol–water partition coefficient (Wildman–Crippen LogP) is 1.28. The highest BCUT2D eigenvalue weighted by molar-refractivity contribution is 5.84. The average molecular weight is 257 g/mol. The van der Waals surface area contributed by atoms with Gasteiger partial charge in [0.1, 0.15) is 5.52 Å². The molecule has 0 bridgehead atoms. The number of hydrogen-bond donors (Lipinski definition) is 2. The molecule has 0 radical (unpaired) electrons. The minimum Gasteiger partial charge on any atom is -0.357 e. The number of rotatable bonds is 5. The van der Waals surface area contributed by atoms with Crippen LogP contribution in [0, 0.1) is 11.3 Å². The van der Waals surface area contributed by atoms with Gasteiger partial charge >= 0.3 is 0 Å². The van der Waals surface area contributed by atoms with Crippen LogP contribution in [0.1, 0.15) is 19.3 Å². The number of aromatic amines is 1. The van der Waals surface area contributed by atoms with Crippen LogP contribution >= 0.6 is 0 Å². The summed E-state index contributed by atoms with van der Waals surface area (Å²) in [4.78, 5) is 18.3. The van der Waals surface area contributed by atoms with E-state index in [9.17, 15) is 0 Å². The third-order valence-electron chi connectivity index (χ3n) is 3.21. The van der Waals surface area contributed by atoms with Gasteiger partial charge in [0.15, 0.2) is 11.5 Å². The summed E-state index contributed by atoms with van der Waals surface area (Å²) in [6, 6.07) is 2.68. The van der Waals surface area contributed by atoms with E-state index in [0.717, 1.165) is 24.2 Å². The molecule has 2 N–H and O–H groups in total. The Hall–Kier alpha value is -2.36. The molecule has 98 valence electrons. The van der Waals surface area contributed by atoms with Crippen molar-refractivity contribution >= 4 is 22.9 Å². The molecule has 1 aliphatic carbocycles. The highest BCUT2D eigenvalue weighted by atomic mass is 15.3. The minimum atomic E-state index is 0.486. The molecule has 0 amide bonds. The summed E-state index contributed by atoms with van der Waals surface area (Å²) in [6.07, 6.45) is 4.42. The van der Waals surface area contributed by atoms with Crippen LogP contribution in [0.25, 0.3) is 11.2 Å². The lowest BCUT2D eigenvalue weighted by Gasteiger charge is -2.22. The second-order valence-corrected chi connectivity index (χ2v) is 4.55. The zero-order chi connectivity index (χ0) is 13.2. The van der Waals surface area contributed by atoms with Gasteiger partial charge in [0.25, 0.3) is 0 Å². The van der Waals surface area contributed by atoms with Gasteiger partial charge in [0, 0.05) is 19.6 Å². The van der Waals surface area contributed by atoms with Crippen LogP contribution in [0.3, 0.4) is 0 Å². The van der Waals surface area contributed by atoms with Crippen LogP contribution in [-0.4, -0.2) is 39.6 Å². The highest BCUT2D eigenvalue weighted by Gasteiger charge is 2.31. The van der Waals surface area contributed by atoms with E-state index in [1.807, 2.05) is 0 Å². The first kappa shape index (κ1) is 11.7. The Morgan fingerprint density at radius 2 is 2.37 bits per heavy atom. The van der Waals surface area contributed by atoms with Crippen molar-refractivity contribution in [1.29, 1.82) is 5.26 Å². The van der Waals surface area contributed by atoms with Crippen LogP contribution in [0.4, 0.5) is 11.8 Å². The van der Waals surface area contributed by atoms with Gasteiger partial charge in [0.2, 0.25) is 5.95 Å². The maximum absolute atomic E-state index is 8.80. The molecule has 2 aromatic heterocycles. The predicted molar refractivity (Wildman–Crippen MR) is 71.8 cm³/mol. The number of aromatic nitrogens is 4. The van der Waals surface area contributed by atoms with Crippen molar-refractivity contribution in [2.75, 3.05) is 23.8 Å². The van der Waals surface area contributed by atoms with Gasteiger partial charge in [-0.2, -0.15) is 15.2 Å². The average Bonchev–Trinajstić information content (AvgIpc) is 3.16. The molecule has 2 heterocycles. The number of fused-ring (bicyclic) bond motifs is 1. The summed E-state index contributed by atoms with van der Waals surface area (Å²) in [5.74, 6) is 1.39. The molecular weight excluding hydrogens is 242 g/mol.